The molecule has 1 N–H and O–H groups in total. The fourth-order valence-corrected chi connectivity index (χ4v) is 3.53. The molecule has 0 saturated carbocycles. The summed E-state index contributed by atoms with van der Waals surface area (Å²) in [5, 5.41) is 4.37. The van der Waals surface area contributed by atoms with Crippen LogP contribution in [0.1, 0.15) is 21.7 Å². The molecule has 4 aromatic rings. The van der Waals surface area contributed by atoms with Gasteiger partial charge in [0.15, 0.2) is 0 Å². The van der Waals surface area contributed by atoms with Crippen LogP contribution in [-0.4, -0.2) is 15.4 Å². The van der Waals surface area contributed by atoms with Gasteiger partial charge in [-0.3, -0.25) is 14.5 Å². The lowest BCUT2D eigenvalue weighted by Gasteiger charge is -2.14. The molecule has 1 aliphatic rings. The smallest absolute Gasteiger partial charge is 0.204 e. The average molecular weight is 325 g/mol. The summed E-state index contributed by atoms with van der Waals surface area (Å²) in [7, 11) is 0. The molecule has 120 valence electrons. The van der Waals surface area contributed by atoms with Crippen molar-refractivity contribution >= 4 is 33.4 Å². The van der Waals surface area contributed by atoms with Crippen LogP contribution in [0.2, 0.25) is 0 Å². The molecule has 4 nitrogen and oxygen atoms in total. The molecule has 0 bridgehead atoms. The predicted molar refractivity (Wildman–Crippen MR) is 100 cm³/mol. The van der Waals surface area contributed by atoms with Crippen LogP contribution in [-0.2, 0) is 6.54 Å². The third-order valence-corrected chi connectivity index (χ3v) is 4.70. The Morgan fingerprint density at radius 3 is 2.80 bits per heavy atom. The number of allylic oxidation sites excluding steroid dienone is 1. The van der Waals surface area contributed by atoms with Gasteiger partial charge in [-0.15, -0.1) is 0 Å². The number of pyridine rings is 1. The van der Waals surface area contributed by atoms with E-state index in [0.29, 0.717) is 12.2 Å². The summed E-state index contributed by atoms with van der Waals surface area (Å²) in [4.78, 5) is 16.8. The lowest BCUT2D eigenvalue weighted by molar-refractivity contribution is 0.104. The van der Waals surface area contributed by atoms with Gasteiger partial charge < -0.3 is 5.43 Å². The first-order valence-corrected chi connectivity index (χ1v) is 8.24. The van der Waals surface area contributed by atoms with Crippen molar-refractivity contribution in [3.05, 3.63) is 84.0 Å². The molecule has 0 unspecified atom stereocenters. The number of ketones is 1. The van der Waals surface area contributed by atoms with Crippen molar-refractivity contribution in [1.29, 1.82) is 0 Å². The van der Waals surface area contributed by atoms with E-state index in [-0.39, 0.29) is 5.78 Å². The van der Waals surface area contributed by atoms with Gasteiger partial charge in [0.25, 0.3) is 0 Å². The SMILES string of the molecule is O=C1C=Cc2nccc3cn(NCc4cccc5ccccc45)c1c23. The monoisotopic (exact) mass is 325 g/mol. The normalized spacial score (nSPS) is 12.9. The highest BCUT2D eigenvalue weighted by atomic mass is 16.1. The lowest BCUT2D eigenvalue weighted by Crippen LogP contribution is -2.19. The van der Waals surface area contributed by atoms with E-state index in [4.69, 9.17) is 0 Å². The number of hydrogen-bond acceptors (Lipinski definition) is 3. The zero-order valence-electron chi connectivity index (χ0n) is 13.4. The first-order chi connectivity index (χ1) is 12.3. The lowest BCUT2D eigenvalue weighted by atomic mass is 10.0. The van der Waals surface area contributed by atoms with Gasteiger partial charge in [-0.2, -0.15) is 0 Å². The maximum atomic E-state index is 12.4. The quantitative estimate of drug-likeness (QED) is 0.616. The molecule has 2 aromatic heterocycles. The van der Waals surface area contributed by atoms with Crippen molar-refractivity contribution < 1.29 is 4.79 Å². The number of carbonyl (C=O) groups is 1. The number of hydrogen-bond donors (Lipinski definition) is 1. The summed E-state index contributed by atoms with van der Waals surface area (Å²) in [5.41, 5.74) is 6.08. The van der Waals surface area contributed by atoms with E-state index in [2.05, 4.69) is 40.7 Å². The molecule has 25 heavy (non-hydrogen) atoms. The van der Waals surface area contributed by atoms with Crippen LogP contribution in [0.15, 0.2) is 67.0 Å². The molecule has 0 fully saturated rings. The Labute approximate surface area is 144 Å². The van der Waals surface area contributed by atoms with Gasteiger partial charge in [-0.1, -0.05) is 42.5 Å². The van der Waals surface area contributed by atoms with Crippen molar-refractivity contribution in [3.8, 4) is 0 Å². The largest absolute Gasteiger partial charge is 0.321 e. The Kier molecular flexibility index (Phi) is 2.97. The summed E-state index contributed by atoms with van der Waals surface area (Å²) in [6.45, 7) is 0.634. The van der Waals surface area contributed by atoms with E-state index in [9.17, 15) is 4.79 Å². The first-order valence-electron chi connectivity index (χ1n) is 8.24. The molecule has 0 radical (unpaired) electrons. The first kappa shape index (κ1) is 14.0. The van der Waals surface area contributed by atoms with Crippen LogP contribution in [0.3, 0.4) is 0 Å². The van der Waals surface area contributed by atoms with Crippen LogP contribution < -0.4 is 5.43 Å². The van der Waals surface area contributed by atoms with Gasteiger partial charge >= 0.3 is 0 Å². The van der Waals surface area contributed by atoms with E-state index in [1.165, 1.54) is 16.3 Å². The molecule has 0 saturated heterocycles. The zero-order valence-corrected chi connectivity index (χ0v) is 13.4. The number of rotatable bonds is 3. The highest BCUT2D eigenvalue weighted by molar-refractivity contribution is 6.18. The number of nitrogens with zero attached hydrogens (tertiary/aromatic N) is 2. The third kappa shape index (κ3) is 2.15. The fraction of sp³-hybridized carbons (Fsp3) is 0.0476. The molecule has 0 atom stereocenters. The minimum Gasteiger partial charge on any atom is -0.321 e. The average Bonchev–Trinajstić information content (AvgIpc) is 3.03. The number of aromatic nitrogens is 2. The molecule has 2 aromatic carbocycles. The standard InChI is InChI=1S/C21H15N3O/c25-19-9-8-18-20-16(10-11-22-18)13-24(21(19)20)23-12-15-6-3-5-14-4-1-2-7-17(14)15/h1-11,13,23H,12H2. The molecule has 4 heteroatoms. The third-order valence-electron chi connectivity index (χ3n) is 4.70. The maximum Gasteiger partial charge on any atom is 0.204 e. The van der Waals surface area contributed by atoms with Crippen molar-refractivity contribution in [2.24, 2.45) is 0 Å². The molecule has 0 spiro atoms. The second-order valence-corrected chi connectivity index (χ2v) is 6.18. The fourth-order valence-electron chi connectivity index (χ4n) is 3.53. The highest BCUT2D eigenvalue weighted by Gasteiger charge is 2.21. The van der Waals surface area contributed by atoms with E-state index >= 15 is 0 Å². The van der Waals surface area contributed by atoms with Gasteiger partial charge in [0.05, 0.1) is 12.2 Å². The number of carbonyl (C=O) groups excluding carboxylic acids is 1. The molecule has 0 aliphatic heterocycles. The molecular formula is C21H15N3O. The summed E-state index contributed by atoms with van der Waals surface area (Å²) < 4.78 is 1.84. The summed E-state index contributed by atoms with van der Waals surface area (Å²) >= 11 is 0. The molecule has 1 aliphatic carbocycles. The molecule has 0 amide bonds. The number of benzene rings is 2. The van der Waals surface area contributed by atoms with E-state index in [1.807, 2.05) is 29.1 Å². The Hall–Kier alpha value is -3.40. The summed E-state index contributed by atoms with van der Waals surface area (Å²) in [6.07, 6.45) is 7.11. The van der Waals surface area contributed by atoms with Crippen molar-refractivity contribution in [2.75, 3.05) is 5.43 Å². The Morgan fingerprint density at radius 1 is 0.960 bits per heavy atom. The predicted octanol–water partition coefficient (Wildman–Crippen LogP) is 4.14. The van der Waals surface area contributed by atoms with Gasteiger partial charge in [-0.25, -0.2) is 0 Å². The topological polar surface area (TPSA) is 46.9 Å². The van der Waals surface area contributed by atoms with Crippen molar-refractivity contribution in [3.63, 3.8) is 0 Å². The minimum absolute atomic E-state index is 0.000852. The maximum absolute atomic E-state index is 12.4. The van der Waals surface area contributed by atoms with E-state index < -0.39 is 0 Å². The Morgan fingerprint density at radius 2 is 1.84 bits per heavy atom. The molecule has 5 rings (SSSR count). The van der Waals surface area contributed by atoms with E-state index in [1.54, 1.807) is 18.3 Å². The molecule has 2 heterocycles. The summed E-state index contributed by atoms with van der Waals surface area (Å²) in [5.74, 6) is 0.000852. The van der Waals surface area contributed by atoms with Crippen LogP contribution in [0.5, 0.6) is 0 Å². The number of nitrogens with one attached hydrogen (secondary N) is 1. The van der Waals surface area contributed by atoms with Crippen LogP contribution in [0.25, 0.3) is 27.6 Å². The number of fused-ring (bicyclic) bond motifs is 1. The van der Waals surface area contributed by atoms with Gasteiger partial charge in [0.2, 0.25) is 5.78 Å². The van der Waals surface area contributed by atoms with Gasteiger partial charge in [-0.05, 0) is 34.6 Å². The van der Waals surface area contributed by atoms with Crippen molar-refractivity contribution in [2.45, 2.75) is 6.54 Å². The molecular weight excluding hydrogens is 310 g/mol. The second-order valence-electron chi connectivity index (χ2n) is 6.18. The van der Waals surface area contributed by atoms with Crippen molar-refractivity contribution in [1.82, 2.24) is 9.66 Å². The minimum atomic E-state index is 0.000852. The Bertz CT molecular complexity index is 1170. The second kappa shape index (κ2) is 5.31. The highest BCUT2D eigenvalue weighted by Crippen LogP contribution is 2.28. The van der Waals surface area contributed by atoms with Crippen LogP contribution >= 0.6 is 0 Å². The van der Waals surface area contributed by atoms with E-state index in [0.717, 1.165) is 16.5 Å². The van der Waals surface area contributed by atoms with Crippen LogP contribution in [0, 0.1) is 0 Å². The van der Waals surface area contributed by atoms with Crippen LogP contribution in [0.4, 0.5) is 0 Å². The summed E-state index contributed by atoms with van der Waals surface area (Å²) in [6, 6.07) is 16.5. The zero-order chi connectivity index (χ0) is 16.8. The van der Waals surface area contributed by atoms with Gasteiger partial charge in [0, 0.05) is 23.2 Å². The van der Waals surface area contributed by atoms with Gasteiger partial charge in [0.1, 0.15) is 5.69 Å². The Balaban J connectivity index is 1.56.